The number of hydrogen-bond donors (Lipinski definition) is 1. The molecule has 108 valence electrons. The van der Waals surface area contributed by atoms with Crippen molar-refractivity contribution in [1.82, 2.24) is 10.2 Å². The predicted molar refractivity (Wildman–Crippen MR) is 75.0 cm³/mol. The van der Waals surface area contributed by atoms with E-state index in [-0.39, 0.29) is 0 Å². The van der Waals surface area contributed by atoms with Gasteiger partial charge >= 0.3 is 0 Å². The third kappa shape index (κ3) is 5.65. The zero-order valence-electron chi connectivity index (χ0n) is 12.3. The maximum absolute atomic E-state index is 5.62. The van der Waals surface area contributed by atoms with Crippen LogP contribution in [-0.4, -0.2) is 63.5 Å². The van der Waals surface area contributed by atoms with Gasteiger partial charge in [0.2, 0.25) is 0 Å². The maximum atomic E-state index is 5.62. The van der Waals surface area contributed by atoms with Gasteiger partial charge in [-0.15, -0.1) is 0 Å². The first-order valence-corrected chi connectivity index (χ1v) is 7.43. The molecule has 1 rings (SSSR count). The van der Waals surface area contributed by atoms with Crippen LogP contribution < -0.4 is 5.32 Å². The summed E-state index contributed by atoms with van der Waals surface area (Å²) >= 11 is 0. The molecule has 0 aromatic carbocycles. The lowest BCUT2D eigenvalue weighted by atomic mass is 10.0. The molecule has 2 unspecified atom stereocenters. The average Bonchev–Trinajstić information content (AvgIpc) is 2.82. The molecule has 0 saturated carbocycles. The molecule has 0 bridgehead atoms. The minimum absolute atomic E-state index is 0.533. The summed E-state index contributed by atoms with van der Waals surface area (Å²) in [5.74, 6) is 0.623. The van der Waals surface area contributed by atoms with Crippen LogP contribution in [0.25, 0.3) is 0 Å². The third-order valence-electron chi connectivity index (χ3n) is 3.55. The summed E-state index contributed by atoms with van der Waals surface area (Å²) in [5, 5.41) is 3.60. The number of nitrogens with one attached hydrogen (secondary N) is 1. The molecular formula is C14H30N2O2. The predicted octanol–water partition coefficient (Wildman–Crippen LogP) is 1.36. The number of rotatable bonds is 10. The van der Waals surface area contributed by atoms with Crippen LogP contribution >= 0.6 is 0 Å². The standard InChI is InChI=1S/C14H30N2O2/c1-4-7-15-14-12-18-11-13(14)10-16(5-2)8-9-17-6-3/h13-15H,4-12H2,1-3H3. The first-order valence-electron chi connectivity index (χ1n) is 7.43. The lowest BCUT2D eigenvalue weighted by Crippen LogP contribution is -2.42. The van der Waals surface area contributed by atoms with Crippen molar-refractivity contribution in [2.45, 2.75) is 33.2 Å². The van der Waals surface area contributed by atoms with Gasteiger partial charge in [0, 0.05) is 31.7 Å². The van der Waals surface area contributed by atoms with E-state index in [9.17, 15) is 0 Å². The van der Waals surface area contributed by atoms with Crippen LogP contribution in [0.4, 0.5) is 0 Å². The molecule has 0 spiro atoms. The van der Waals surface area contributed by atoms with E-state index in [2.05, 4.69) is 24.1 Å². The topological polar surface area (TPSA) is 33.7 Å². The summed E-state index contributed by atoms with van der Waals surface area (Å²) in [6.45, 7) is 14.2. The number of nitrogens with zero attached hydrogens (tertiary/aromatic N) is 1. The van der Waals surface area contributed by atoms with Crippen LogP contribution in [0.5, 0.6) is 0 Å². The van der Waals surface area contributed by atoms with Gasteiger partial charge in [-0.2, -0.15) is 0 Å². The van der Waals surface area contributed by atoms with Crippen molar-refractivity contribution in [2.75, 3.05) is 52.6 Å². The van der Waals surface area contributed by atoms with Gasteiger partial charge < -0.3 is 19.7 Å². The quantitative estimate of drug-likeness (QED) is 0.600. The lowest BCUT2D eigenvalue weighted by molar-refractivity contribution is 0.104. The Labute approximate surface area is 112 Å². The molecule has 0 aliphatic carbocycles. The van der Waals surface area contributed by atoms with Crippen LogP contribution in [0.2, 0.25) is 0 Å². The molecule has 18 heavy (non-hydrogen) atoms. The SMILES string of the molecule is CCCNC1COCC1CN(CC)CCOCC. The second kappa shape index (κ2) is 9.73. The Morgan fingerprint density at radius 1 is 1.28 bits per heavy atom. The molecule has 4 nitrogen and oxygen atoms in total. The van der Waals surface area contributed by atoms with E-state index >= 15 is 0 Å². The van der Waals surface area contributed by atoms with Crippen LogP contribution in [0, 0.1) is 5.92 Å². The molecule has 0 aromatic rings. The Morgan fingerprint density at radius 3 is 2.78 bits per heavy atom. The summed E-state index contributed by atoms with van der Waals surface area (Å²) < 4.78 is 11.1. The number of hydrogen-bond acceptors (Lipinski definition) is 4. The molecule has 0 radical (unpaired) electrons. The van der Waals surface area contributed by atoms with E-state index in [0.717, 1.165) is 52.6 Å². The van der Waals surface area contributed by atoms with E-state index in [1.807, 2.05) is 6.92 Å². The monoisotopic (exact) mass is 258 g/mol. The maximum Gasteiger partial charge on any atom is 0.0623 e. The van der Waals surface area contributed by atoms with Gasteiger partial charge in [-0.05, 0) is 26.4 Å². The zero-order valence-corrected chi connectivity index (χ0v) is 12.3. The fourth-order valence-corrected chi connectivity index (χ4v) is 2.38. The van der Waals surface area contributed by atoms with Crippen LogP contribution in [0.3, 0.4) is 0 Å². The molecule has 1 fully saturated rings. The molecule has 4 heteroatoms. The first kappa shape index (κ1) is 15.9. The molecule has 0 amide bonds. The average molecular weight is 258 g/mol. The highest BCUT2D eigenvalue weighted by Gasteiger charge is 2.28. The largest absolute Gasteiger partial charge is 0.380 e. The second-order valence-electron chi connectivity index (χ2n) is 4.95. The molecular weight excluding hydrogens is 228 g/mol. The van der Waals surface area contributed by atoms with Crippen LogP contribution in [0.15, 0.2) is 0 Å². The summed E-state index contributed by atoms with van der Waals surface area (Å²) in [5.41, 5.74) is 0. The highest BCUT2D eigenvalue weighted by atomic mass is 16.5. The normalized spacial score (nSPS) is 24.0. The van der Waals surface area contributed by atoms with E-state index in [4.69, 9.17) is 9.47 Å². The molecule has 1 saturated heterocycles. The molecule has 1 aliphatic heterocycles. The van der Waals surface area contributed by atoms with E-state index in [1.165, 1.54) is 6.42 Å². The third-order valence-corrected chi connectivity index (χ3v) is 3.55. The highest BCUT2D eigenvalue weighted by molar-refractivity contribution is 4.83. The van der Waals surface area contributed by atoms with Crippen LogP contribution in [-0.2, 0) is 9.47 Å². The Hall–Kier alpha value is -0.160. The Morgan fingerprint density at radius 2 is 2.11 bits per heavy atom. The Kier molecular flexibility index (Phi) is 8.59. The summed E-state index contributed by atoms with van der Waals surface area (Å²) in [4.78, 5) is 2.47. The van der Waals surface area contributed by atoms with Crippen molar-refractivity contribution in [3.8, 4) is 0 Å². The van der Waals surface area contributed by atoms with Gasteiger partial charge in [-0.1, -0.05) is 13.8 Å². The van der Waals surface area contributed by atoms with E-state index in [0.29, 0.717) is 12.0 Å². The highest BCUT2D eigenvalue weighted by Crippen LogP contribution is 2.15. The fourth-order valence-electron chi connectivity index (χ4n) is 2.38. The van der Waals surface area contributed by atoms with E-state index in [1.54, 1.807) is 0 Å². The first-order chi connectivity index (χ1) is 8.81. The fraction of sp³-hybridized carbons (Fsp3) is 1.00. The van der Waals surface area contributed by atoms with Gasteiger partial charge in [0.15, 0.2) is 0 Å². The van der Waals surface area contributed by atoms with Crippen molar-refractivity contribution in [1.29, 1.82) is 0 Å². The molecule has 1 N–H and O–H groups in total. The van der Waals surface area contributed by atoms with Crippen molar-refractivity contribution < 1.29 is 9.47 Å². The molecule has 2 atom stereocenters. The summed E-state index contributed by atoms with van der Waals surface area (Å²) in [7, 11) is 0. The van der Waals surface area contributed by atoms with Crippen molar-refractivity contribution in [2.24, 2.45) is 5.92 Å². The zero-order chi connectivity index (χ0) is 13.2. The van der Waals surface area contributed by atoms with Gasteiger partial charge in [0.1, 0.15) is 0 Å². The minimum Gasteiger partial charge on any atom is -0.380 e. The van der Waals surface area contributed by atoms with Crippen LogP contribution in [0.1, 0.15) is 27.2 Å². The van der Waals surface area contributed by atoms with E-state index < -0.39 is 0 Å². The molecule has 1 heterocycles. The van der Waals surface area contributed by atoms with Crippen molar-refractivity contribution in [3.63, 3.8) is 0 Å². The summed E-state index contributed by atoms with van der Waals surface area (Å²) in [6, 6.07) is 0.533. The summed E-state index contributed by atoms with van der Waals surface area (Å²) in [6.07, 6.45) is 1.19. The lowest BCUT2D eigenvalue weighted by Gasteiger charge is -2.26. The van der Waals surface area contributed by atoms with Crippen molar-refractivity contribution in [3.05, 3.63) is 0 Å². The van der Waals surface area contributed by atoms with Crippen molar-refractivity contribution >= 4 is 0 Å². The second-order valence-corrected chi connectivity index (χ2v) is 4.95. The van der Waals surface area contributed by atoms with Gasteiger partial charge in [-0.25, -0.2) is 0 Å². The van der Waals surface area contributed by atoms with Gasteiger partial charge in [0.25, 0.3) is 0 Å². The Bertz CT molecular complexity index is 202. The smallest absolute Gasteiger partial charge is 0.0623 e. The molecule has 1 aliphatic rings. The number of likely N-dealkylation sites (N-methyl/N-ethyl adjacent to an activating group) is 1. The van der Waals surface area contributed by atoms with Gasteiger partial charge in [0.05, 0.1) is 19.8 Å². The minimum atomic E-state index is 0.533. The molecule has 0 aromatic heterocycles. The van der Waals surface area contributed by atoms with Gasteiger partial charge in [-0.3, -0.25) is 0 Å². The number of ether oxygens (including phenoxy) is 2. The Balaban J connectivity index is 2.28.